The second-order valence-electron chi connectivity index (χ2n) is 5.81. The van der Waals surface area contributed by atoms with E-state index in [1.165, 1.54) is 11.0 Å². The number of hydrogen-bond acceptors (Lipinski definition) is 7. The second kappa shape index (κ2) is 6.29. The van der Waals surface area contributed by atoms with Gasteiger partial charge in [0.05, 0.1) is 17.7 Å². The lowest BCUT2D eigenvalue weighted by molar-refractivity contribution is -0.121. The zero-order chi connectivity index (χ0) is 17.2. The summed E-state index contributed by atoms with van der Waals surface area (Å²) in [6, 6.07) is 7.38. The molecular weight excluding hydrogens is 332 g/mol. The Morgan fingerprint density at radius 2 is 2.00 bits per heavy atom. The van der Waals surface area contributed by atoms with E-state index < -0.39 is 21.3 Å². The molecule has 1 aliphatic carbocycles. The highest BCUT2D eigenvalue weighted by Gasteiger charge is 2.52. The highest BCUT2D eigenvalue weighted by atomic mass is 32.2. The molecule has 0 atom stereocenters. The molecule has 1 aromatic carbocycles. The van der Waals surface area contributed by atoms with Crippen LogP contribution in [0, 0.1) is 0 Å². The third-order valence-corrected chi connectivity index (χ3v) is 5.37. The SMILES string of the molecule is NCc1ccc(C2(C(=O)NS(=O)(=O)CCn3cnnn3)CC2)cc1. The molecule has 1 heterocycles. The van der Waals surface area contributed by atoms with Crippen molar-refractivity contribution >= 4 is 15.9 Å². The van der Waals surface area contributed by atoms with E-state index in [2.05, 4.69) is 20.2 Å². The number of carbonyl (C=O) groups excluding carboxylic acids is 1. The van der Waals surface area contributed by atoms with Gasteiger partial charge in [-0.1, -0.05) is 24.3 Å². The van der Waals surface area contributed by atoms with Gasteiger partial charge in [0.1, 0.15) is 6.33 Å². The molecule has 1 aliphatic rings. The number of nitrogens with one attached hydrogen (secondary N) is 1. The number of tetrazole rings is 1. The van der Waals surface area contributed by atoms with Crippen LogP contribution >= 0.6 is 0 Å². The zero-order valence-corrected chi connectivity index (χ0v) is 13.7. The molecule has 0 radical (unpaired) electrons. The fourth-order valence-electron chi connectivity index (χ4n) is 2.52. The Labute approximate surface area is 139 Å². The van der Waals surface area contributed by atoms with Gasteiger partial charge >= 0.3 is 0 Å². The Morgan fingerprint density at radius 3 is 2.54 bits per heavy atom. The molecule has 3 rings (SSSR count). The van der Waals surface area contributed by atoms with Gasteiger partial charge in [-0.15, -0.1) is 5.10 Å². The average molecular weight is 350 g/mol. The van der Waals surface area contributed by atoms with E-state index in [0.717, 1.165) is 11.1 Å². The van der Waals surface area contributed by atoms with E-state index in [9.17, 15) is 13.2 Å². The van der Waals surface area contributed by atoms with E-state index in [1.807, 2.05) is 24.3 Å². The topological polar surface area (TPSA) is 133 Å². The maximum absolute atomic E-state index is 12.5. The Hall–Kier alpha value is -2.33. The molecule has 10 heteroatoms. The Bertz CT molecular complexity index is 813. The van der Waals surface area contributed by atoms with E-state index in [1.54, 1.807) is 0 Å². The Morgan fingerprint density at radius 1 is 1.29 bits per heavy atom. The summed E-state index contributed by atoms with van der Waals surface area (Å²) in [6.45, 7) is 0.499. The number of benzene rings is 1. The number of nitrogens with two attached hydrogens (primary N) is 1. The van der Waals surface area contributed by atoms with Crippen LogP contribution < -0.4 is 10.5 Å². The number of carbonyl (C=O) groups is 1. The normalized spacial score (nSPS) is 15.9. The lowest BCUT2D eigenvalue weighted by Gasteiger charge is -2.16. The van der Waals surface area contributed by atoms with Crippen molar-refractivity contribution in [1.82, 2.24) is 24.9 Å². The zero-order valence-electron chi connectivity index (χ0n) is 12.9. The highest BCUT2D eigenvalue weighted by molar-refractivity contribution is 7.90. The summed E-state index contributed by atoms with van der Waals surface area (Å²) in [7, 11) is -3.76. The number of nitrogens with zero attached hydrogens (tertiary/aromatic N) is 4. The molecule has 0 aliphatic heterocycles. The first-order valence-electron chi connectivity index (χ1n) is 7.50. The van der Waals surface area contributed by atoms with Crippen molar-refractivity contribution in [3.63, 3.8) is 0 Å². The molecule has 1 saturated carbocycles. The first kappa shape index (κ1) is 16.5. The lowest BCUT2D eigenvalue weighted by Crippen LogP contribution is -2.40. The van der Waals surface area contributed by atoms with Gasteiger partial charge in [0.15, 0.2) is 0 Å². The van der Waals surface area contributed by atoms with Gasteiger partial charge in [0, 0.05) is 6.54 Å². The summed E-state index contributed by atoms with van der Waals surface area (Å²) in [4.78, 5) is 12.5. The molecule has 1 aromatic heterocycles. The maximum Gasteiger partial charge on any atom is 0.244 e. The van der Waals surface area contributed by atoms with Crippen molar-refractivity contribution in [2.45, 2.75) is 31.3 Å². The standard InChI is InChI=1S/C14H18N6O3S/c15-9-11-1-3-12(4-2-11)14(5-6-14)13(21)17-24(22,23)8-7-20-10-16-18-19-20/h1-4,10H,5-9,15H2,(H,17,21). The molecule has 9 nitrogen and oxygen atoms in total. The van der Waals surface area contributed by atoms with Gasteiger partial charge in [-0.25, -0.2) is 13.1 Å². The van der Waals surface area contributed by atoms with Gasteiger partial charge in [-0.2, -0.15) is 0 Å². The predicted molar refractivity (Wildman–Crippen MR) is 85.0 cm³/mol. The van der Waals surface area contributed by atoms with Crippen LogP contribution in [0.25, 0.3) is 0 Å². The Balaban J connectivity index is 1.66. The Kier molecular flexibility index (Phi) is 4.33. The van der Waals surface area contributed by atoms with Crippen LogP contribution in [-0.2, 0) is 33.3 Å². The van der Waals surface area contributed by atoms with Crippen LogP contribution in [0.3, 0.4) is 0 Å². The minimum Gasteiger partial charge on any atom is -0.326 e. The van der Waals surface area contributed by atoms with Crippen LogP contribution in [0.5, 0.6) is 0 Å². The molecule has 1 fully saturated rings. The highest BCUT2D eigenvalue weighted by Crippen LogP contribution is 2.48. The van der Waals surface area contributed by atoms with Gasteiger partial charge in [-0.3, -0.25) is 9.52 Å². The first-order chi connectivity index (χ1) is 11.5. The minimum absolute atomic E-state index is 0.0772. The van der Waals surface area contributed by atoms with Gasteiger partial charge in [0.2, 0.25) is 15.9 Å². The third kappa shape index (κ3) is 3.44. The molecule has 128 valence electrons. The summed E-state index contributed by atoms with van der Waals surface area (Å²) < 4.78 is 27.7. The van der Waals surface area contributed by atoms with Crippen molar-refractivity contribution in [3.8, 4) is 0 Å². The van der Waals surface area contributed by atoms with Crippen LogP contribution in [0.4, 0.5) is 0 Å². The summed E-state index contributed by atoms with van der Waals surface area (Å²) in [5.74, 6) is -0.758. The maximum atomic E-state index is 12.5. The fourth-order valence-corrected chi connectivity index (χ4v) is 3.53. The number of rotatable bonds is 7. The van der Waals surface area contributed by atoms with E-state index in [0.29, 0.717) is 19.4 Å². The van der Waals surface area contributed by atoms with Crippen molar-refractivity contribution in [2.75, 3.05) is 5.75 Å². The molecule has 24 heavy (non-hydrogen) atoms. The fraction of sp³-hybridized carbons (Fsp3) is 0.429. The van der Waals surface area contributed by atoms with Crippen molar-refractivity contribution in [1.29, 1.82) is 0 Å². The molecule has 2 aromatic rings. The molecular formula is C14H18N6O3S. The minimum atomic E-state index is -3.76. The van der Waals surface area contributed by atoms with Crippen LogP contribution in [0.1, 0.15) is 24.0 Å². The van der Waals surface area contributed by atoms with E-state index >= 15 is 0 Å². The number of sulfonamides is 1. The number of aromatic nitrogens is 4. The molecule has 1 amide bonds. The summed E-state index contributed by atoms with van der Waals surface area (Å²) in [5.41, 5.74) is 6.59. The first-order valence-corrected chi connectivity index (χ1v) is 9.16. The van der Waals surface area contributed by atoms with E-state index in [4.69, 9.17) is 5.73 Å². The van der Waals surface area contributed by atoms with Crippen molar-refractivity contribution < 1.29 is 13.2 Å². The van der Waals surface area contributed by atoms with E-state index in [-0.39, 0.29) is 12.3 Å². The quantitative estimate of drug-likeness (QED) is 0.675. The number of hydrogen-bond donors (Lipinski definition) is 2. The molecule has 3 N–H and O–H groups in total. The summed E-state index contributed by atoms with van der Waals surface area (Å²) in [6.07, 6.45) is 2.57. The average Bonchev–Trinajstić information content (AvgIpc) is 3.22. The largest absolute Gasteiger partial charge is 0.326 e. The third-order valence-electron chi connectivity index (χ3n) is 4.16. The number of aryl methyl sites for hydroxylation is 1. The second-order valence-corrected chi connectivity index (χ2v) is 7.65. The van der Waals surface area contributed by atoms with Gasteiger partial charge < -0.3 is 5.73 Å². The van der Waals surface area contributed by atoms with Crippen molar-refractivity contribution in [2.24, 2.45) is 5.73 Å². The summed E-state index contributed by atoms with van der Waals surface area (Å²) >= 11 is 0. The monoisotopic (exact) mass is 350 g/mol. The van der Waals surface area contributed by atoms with Gasteiger partial charge in [-0.05, 0) is 34.4 Å². The lowest BCUT2D eigenvalue weighted by atomic mass is 9.94. The van der Waals surface area contributed by atoms with Gasteiger partial charge in [0.25, 0.3) is 0 Å². The van der Waals surface area contributed by atoms with Crippen LogP contribution in [0.15, 0.2) is 30.6 Å². The molecule has 0 spiro atoms. The molecule has 0 saturated heterocycles. The number of amides is 1. The molecule has 0 bridgehead atoms. The van der Waals surface area contributed by atoms with Crippen molar-refractivity contribution in [3.05, 3.63) is 41.7 Å². The summed E-state index contributed by atoms with van der Waals surface area (Å²) in [5, 5.41) is 10.4. The predicted octanol–water partition coefficient (Wildman–Crippen LogP) is -0.690. The molecule has 0 unspecified atom stereocenters. The van der Waals surface area contributed by atoms with Crippen LogP contribution in [0.2, 0.25) is 0 Å². The van der Waals surface area contributed by atoms with Crippen LogP contribution in [-0.4, -0.2) is 40.3 Å². The smallest absolute Gasteiger partial charge is 0.244 e.